The minimum absolute atomic E-state index is 0.208. The van der Waals surface area contributed by atoms with Gasteiger partial charge in [0.15, 0.2) is 0 Å². The van der Waals surface area contributed by atoms with Gasteiger partial charge < -0.3 is 9.47 Å². The average Bonchev–Trinajstić information content (AvgIpc) is 2.42. The number of sulfonamides is 1. The third kappa shape index (κ3) is 5.40. The minimum atomic E-state index is -3.49. The van der Waals surface area contributed by atoms with Gasteiger partial charge in [0.1, 0.15) is 5.75 Å². The summed E-state index contributed by atoms with van der Waals surface area (Å²) in [4.78, 5) is 0.208. The second-order valence-corrected chi connectivity index (χ2v) is 6.78. The lowest BCUT2D eigenvalue weighted by molar-refractivity contribution is 0.133. The van der Waals surface area contributed by atoms with Crippen molar-refractivity contribution in [3.8, 4) is 5.75 Å². The van der Waals surface area contributed by atoms with E-state index in [9.17, 15) is 8.42 Å². The predicted molar refractivity (Wildman–Crippen MR) is 81.6 cm³/mol. The first-order valence-electron chi connectivity index (χ1n) is 6.42. The fraction of sp³-hybridized carbons (Fsp3) is 0.538. The van der Waals surface area contributed by atoms with E-state index >= 15 is 0 Å². The van der Waals surface area contributed by atoms with E-state index in [4.69, 9.17) is 9.47 Å². The third-order valence-corrected chi connectivity index (χ3v) is 4.62. The first-order valence-corrected chi connectivity index (χ1v) is 8.70. The number of nitrogens with one attached hydrogen (secondary N) is 1. The molecule has 0 bridgehead atoms. The third-order valence-electron chi connectivity index (χ3n) is 2.54. The highest BCUT2D eigenvalue weighted by atomic mass is 79.9. The van der Waals surface area contributed by atoms with Crippen LogP contribution in [0.4, 0.5) is 0 Å². The molecule has 0 atom stereocenters. The Hall–Kier alpha value is -0.630. The molecule has 0 saturated heterocycles. The van der Waals surface area contributed by atoms with Crippen molar-refractivity contribution in [3.05, 3.63) is 22.7 Å². The van der Waals surface area contributed by atoms with Crippen LogP contribution in [0.3, 0.4) is 0 Å². The molecule has 5 nitrogen and oxygen atoms in total. The Morgan fingerprint density at radius 2 is 2.05 bits per heavy atom. The number of ether oxygens (including phenoxy) is 2. The maximum Gasteiger partial charge on any atom is 0.240 e. The average molecular weight is 366 g/mol. The molecule has 0 saturated carbocycles. The lowest BCUT2D eigenvalue weighted by Gasteiger charge is -2.09. The lowest BCUT2D eigenvalue weighted by Crippen LogP contribution is -2.25. The summed E-state index contributed by atoms with van der Waals surface area (Å²) >= 11 is 3.27. The molecule has 0 amide bonds. The van der Waals surface area contributed by atoms with Crippen LogP contribution in [-0.4, -0.2) is 35.3 Å². The van der Waals surface area contributed by atoms with E-state index in [1.165, 1.54) is 19.2 Å². The van der Waals surface area contributed by atoms with Crippen LogP contribution in [0.15, 0.2) is 27.6 Å². The summed E-state index contributed by atoms with van der Waals surface area (Å²) in [6.07, 6.45) is 1.61. The number of hydrogen-bond donors (Lipinski definition) is 1. The monoisotopic (exact) mass is 365 g/mol. The van der Waals surface area contributed by atoms with Crippen molar-refractivity contribution in [2.24, 2.45) is 0 Å². The second-order valence-electron chi connectivity index (χ2n) is 4.16. The van der Waals surface area contributed by atoms with Crippen LogP contribution in [0.2, 0.25) is 0 Å². The largest absolute Gasteiger partial charge is 0.496 e. The molecular formula is C13H20BrNO4S. The number of hydrogen-bond acceptors (Lipinski definition) is 4. The van der Waals surface area contributed by atoms with Crippen molar-refractivity contribution in [3.63, 3.8) is 0 Å². The lowest BCUT2D eigenvalue weighted by atomic mass is 10.3. The highest BCUT2D eigenvalue weighted by Gasteiger charge is 2.15. The van der Waals surface area contributed by atoms with E-state index in [0.717, 1.165) is 6.42 Å². The van der Waals surface area contributed by atoms with E-state index in [1.54, 1.807) is 6.07 Å². The molecule has 0 aliphatic carbocycles. The van der Waals surface area contributed by atoms with Crippen molar-refractivity contribution in [1.82, 2.24) is 4.72 Å². The van der Waals surface area contributed by atoms with Gasteiger partial charge in [-0.2, -0.15) is 0 Å². The molecule has 0 spiro atoms. The summed E-state index contributed by atoms with van der Waals surface area (Å²) in [5.41, 5.74) is 0. The van der Waals surface area contributed by atoms with Crippen molar-refractivity contribution in [2.75, 3.05) is 26.9 Å². The number of methoxy groups -OCH3 is 1. The van der Waals surface area contributed by atoms with Crippen LogP contribution in [0.1, 0.15) is 19.8 Å². The molecule has 0 unspecified atom stereocenters. The van der Waals surface area contributed by atoms with Gasteiger partial charge in [-0.3, -0.25) is 0 Å². The number of benzene rings is 1. The maximum atomic E-state index is 12.1. The maximum absolute atomic E-state index is 12.1. The van der Waals surface area contributed by atoms with Gasteiger partial charge in [0.2, 0.25) is 10.0 Å². The van der Waals surface area contributed by atoms with Gasteiger partial charge in [-0.1, -0.05) is 6.92 Å². The molecule has 1 aromatic rings. The van der Waals surface area contributed by atoms with Crippen LogP contribution in [0.5, 0.6) is 5.75 Å². The quantitative estimate of drug-likeness (QED) is 0.683. The summed E-state index contributed by atoms with van der Waals surface area (Å²) < 4.78 is 37.6. The van der Waals surface area contributed by atoms with Crippen molar-refractivity contribution < 1.29 is 17.9 Å². The summed E-state index contributed by atoms with van der Waals surface area (Å²) in [5.74, 6) is 0.594. The fourth-order valence-electron chi connectivity index (χ4n) is 1.52. The van der Waals surface area contributed by atoms with E-state index in [2.05, 4.69) is 20.7 Å². The molecule has 0 aliphatic heterocycles. The standard InChI is InChI=1S/C13H20BrNO4S/c1-3-8-19-9-4-7-15-20(16,17)11-5-6-13(18-2)12(14)10-11/h5-6,10,15H,3-4,7-9H2,1-2H3. The zero-order chi connectivity index (χ0) is 15.0. The molecule has 7 heteroatoms. The van der Waals surface area contributed by atoms with Crippen LogP contribution < -0.4 is 9.46 Å². The Kier molecular flexibility index (Phi) is 7.50. The summed E-state index contributed by atoms with van der Waals surface area (Å²) in [7, 11) is -1.96. The highest BCUT2D eigenvalue weighted by Crippen LogP contribution is 2.27. The van der Waals surface area contributed by atoms with Gasteiger partial charge in [0.05, 0.1) is 16.5 Å². The van der Waals surface area contributed by atoms with Gasteiger partial charge >= 0.3 is 0 Å². The first kappa shape index (κ1) is 17.4. The van der Waals surface area contributed by atoms with Crippen LogP contribution in [0.25, 0.3) is 0 Å². The van der Waals surface area contributed by atoms with Crippen LogP contribution >= 0.6 is 15.9 Å². The van der Waals surface area contributed by atoms with Gasteiger partial charge in [-0.15, -0.1) is 0 Å². The smallest absolute Gasteiger partial charge is 0.240 e. The Morgan fingerprint density at radius 1 is 1.30 bits per heavy atom. The SMILES string of the molecule is CCCOCCCNS(=O)(=O)c1ccc(OC)c(Br)c1. The number of rotatable bonds is 9. The summed E-state index contributed by atoms with van der Waals surface area (Å²) in [5, 5.41) is 0. The Bertz CT molecular complexity index is 519. The van der Waals surface area contributed by atoms with Gasteiger partial charge in [0, 0.05) is 19.8 Å². The van der Waals surface area contributed by atoms with E-state index in [-0.39, 0.29) is 4.90 Å². The van der Waals surface area contributed by atoms with Crippen molar-refractivity contribution in [2.45, 2.75) is 24.7 Å². The van der Waals surface area contributed by atoms with Gasteiger partial charge in [-0.25, -0.2) is 13.1 Å². The predicted octanol–water partition coefficient (Wildman–Crippen LogP) is 2.55. The molecular weight excluding hydrogens is 346 g/mol. The molecule has 0 radical (unpaired) electrons. The van der Waals surface area contributed by atoms with Gasteiger partial charge in [-0.05, 0) is 47.0 Å². The molecule has 20 heavy (non-hydrogen) atoms. The van der Waals surface area contributed by atoms with Crippen molar-refractivity contribution in [1.29, 1.82) is 0 Å². The van der Waals surface area contributed by atoms with E-state index < -0.39 is 10.0 Å². The van der Waals surface area contributed by atoms with Gasteiger partial charge in [0.25, 0.3) is 0 Å². The minimum Gasteiger partial charge on any atom is -0.496 e. The van der Waals surface area contributed by atoms with Crippen molar-refractivity contribution >= 4 is 26.0 Å². The zero-order valence-electron chi connectivity index (χ0n) is 11.7. The number of halogens is 1. The Morgan fingerprint density at radius 3 is 2.65 bits per heavy atom. The molecule has 0 heterocycles. The topological polar surface area (TPSA) is 64.6 Å². The van der Waals surface area contributed by atoms with Crippen LogP contribution in [-0.2, 0) is 14.8 Å². The molecule has 0 aliphatic rings. The zero-order valence-corrected chi connectivity index (χ0v) is 14.1. The highest BCUT2D eigenvalue weighted by molar-refractivity contribution is 9.10. The molecule has 1 N–H and O–H groups in total. The summed E-state index contributed by atoms with van der Waals surface area (Å²) in [6, 6.07) is 4.65. The molecule has 0 fully saturated rings. The fourth-order valence-corrected chi connectivity index (χ4v) is 3.32. The molecule has 114 valence electrons. The second kappa shape index (κ2) is 8.61. The molecule has 1 rings (SSSR count). The van der Waals surface area contributed by atoms with E-state index in [0.29, 0.717) is 36.4 Å². The van der Waals surface area contributed by atoms with E-state index in [1.807, 2.05) is 6.92 Å². The van der Waals surface area contributed by atoms with Crippen LogP contribution in [0, 0.1) is 0 Å². The molecule has 0 aromatic heterocycles. The first-order chi connectivity index (χ1) is 9.51. The summed E-state index contributed by atoms with van der Waals surface area (Å²) in [6.45, 7) is 3.65. The Labute approximate surface area is 128 Å². The Balaban J connectivity index is 2.54. The normalized spacial score (nSPS) is 11.6. The molecule has 1 aromatic carbocycles.